The number of carboxylic acids is 1. The molecule has 0 bridgehead atoms. The zero-order valence-corrected chi connectivity index (χ0v) is 16.1. The molecular formula is C17H26BN5O6. The number of nitrogens with one attached hydrogen (secondary N) is 1. The first-order valence-corrected chi connectivity index (χ1v) is 8.87. The van der Waals surface area contributed by atoms with Crippen molar-refractivity contribution in [1.29, 1.82) is 0 Å². The fourth-order valence-electron chi connectivity index (χ4n) is 2.61. The normalized spacial score (nSPS) is 11.3. The number of hydrogen-bond donors (Lipinski definition) is 6. The first-order valence-electron chi connectivity index (χ1n) is 8.87. The van der Waals surface area contributed by atoms with Crippen LogP contribution in [-0.2, 0) is 16.0 Å². The van der Waals surface area contributed by atoms with E-state index in [1.807, 2.05) is 0 Å². The molecule has 0 radical (unpaired) electrons. The standard InChI is InChI=1S/C17H26BN5O6/c1-23(16(27)12-6-3-2-5-11(12)9-15(25)26)10-14(24)22-13(18(28)29)7-4-8-21-17(19)20/h2-3,5-6,13,28-29H,4,7-10H2,1H3,(H,22,24)(H,25,26)(H4,19,20,21). The molecule has 0 aliphatic heterocycles. The van der Waals surface area contributed by atoms with Crippen molar-refractivity contribution in [1.82, 2.24) is 10.2 Å². The van der Waals surface area contributed by atoms with E-state index in [-0.39, 0.29) is 37.5 Å². The average Bonchev–Trinajstić information content (AvgIpc) is 2.63. The molecule has 1 unspecified atom stereocenters. The number of benzene rings is 1. The first kappa shape index (κ1) is 23.9. The van der Waals surface area contributed by atoms with Crippen LogP contribution in [0.25, 0.3) is 0 Å². The van der Waals surface area contributed by atoms with Crippen molar-refractivity contribution in [3.05, 3.63) is 35.4 Å². The third kappa shape index (κ3) is 8.62. The van der Waals surface area contributed by atoms with Gasteiger partial charge in [-0.1, -0.05) is 18.2 Å². The van der Waals surface area contributed by atoms with Crippen LogP contribution in [0.1, 0.15) is 28.8 Å². The minimum absolute atomic E-state index is 0.0848. The molecule has 29 heavy (non-hydrogen) atoms. The summed E-state index contributed by atoms with van der Waals surface area (Å²) in [5.41, 5.74) is 10.9. The van der Waals surface area contributed by atoms with Gasteiger partial charge in [0.15, 0.2) is 5.96 Å². The van der Waals surface area contributed by atoms with E-state index in [0.717, 1.165) is 4.90 Å². The van der Waals surface area contributed by atoms with Crippen LogP contribution in [0.5, 0.6) is 0 Å². The topological polar surface area (TPSA) is 192 Å². The van der Waals surface area contributed by atoms with Gasteiger partial charge in [-0.05, 0) is 24.5 Å². The van der Waals surface area contributed by atoms with Gasteiger partial charge in [-0.3, -0.25) is 19.4 Å². The van der Waals surface area contributed by atoms with Gasteiger partial charge < -0.3 is 36.8 Å². The van der Waals surface area contributed by atoms with E-state index < -0.39 is 30.8 Å². The van der Waals surface area contributed by atoms with Gasteiger partial charge in [-0.2, -0.15) is 0 Å². The zero-order chi connectivity index (χ0) is 22.0. The van der Waals surface area contributed by atoms with Crippen molar-refractivity contribution in [3.8, 4) is 0 Å². The van der Waals surface area contributed by atoms with Gasteiger partial charge in [-0.25, -0.2) is 0 Å². The lowest BCUT2D eigenvalue weighted by molar-refractivity contribution is -0.136. The highest BCUT2D eigenvalue weighted by Crippen LogP contribution is 2.12. The van der Waals surface area contributed by atoms with E-state index in [4.69, 9.17) is 16.6 Å². The number of aliphatic imine (C=N–C) groups is 1. The molecule has 0 heterocycles. The average molecular weight is 407 g/mol. The number of hydrogen-bond acceptors (Lipinski definition) is 6. The minimum atomic E-state index is -1.80. The Morgan fingerprint density at radius 1 is 1.24 bits per heavy atom. The van der Waals surface area contributed by atoms with E-state index in [1.165, 1.54) is 19.2 Å². The Morgan fingerprint density at radius 2 is 1.90 bits per heavy atom. The van der Waals surface area contributed by atoms with E-state index in [2.05, 4.69) is 10.3 Å². The number of nitrogens with two attached hydrogens (primary N) is 2. The molecule has 0 spiro atoms. The van der Waals surface area contributed by atoms with Gasteiger partial charge in [-0.15, -0.1) is 0 Å². The number of aliphatic carboxylic acids is 1. The summed E-state index contributed by atoms with van der Waals surface area (Å²) in [6, 6.07) is 6.24. The second-order valence-electron chi connectivity index (χ2n) is 6.43. The third-order valence-corrected chi connectivity index (χ3v) is 3.99. The number of carbonyl (C=O) groups is 3. The summed E-state index contributed by atoms with van der Waals surface area (Å²) in [4.78, 5) is 40.7. The number of nitrogens with zero attached hydrogens (tertiary/aromatic N) is 2. The molecule has 0 aromatic heterocycles. The van der Waals surface area contributed by atoms with Crippen LogP contribution < -0.4 is 16.8 Å². The summed E-state index contributed by atoms with van der Waals surface area (Å²) < 4.78 is 0. The molecule has 1 atom stereocenters. The molecule has 12 heteroatoms. The Hall–Kier alpha value is -3.12. The van der Waals surface area contributed by atoms with Gasteiger partial charge >= 0.3 is 13.1 Å². The predicted molar refractivity (Wildman–Crippen MR) is 107 cm³/mol. The zero-order valence-electron chi connectivity index (χ0n) is 16.1. The molecular weight excluding hydrogens is 381 g/mol. The molecule has 1 aromatic carbocycles. The maximum absolute atomic E-state index is 12.6. The lowest BCUT2D eigenvalue weighted by Gasteiger charge is -2.21. The predicted octanol–water partition coefficient (Wildman–Crippen LogP) is -2.06. The van der Waals surface area contributed by atoms with Gasteiger partial charge in [0, 0.05) is 19.2 Å². The number of carboxylic acid groups (broad SMARTS) is 1. The van der Waals surface area contributed by atoms with E-state index >= 15 is 0 Å². The number of rotatable bonds is 11. The maximum Gasteiger partial charge on any atom is 0.475 e. The molecule has 158 valence electrons. The molecule has 0 saturated heterocycles. The second-order valence-corrected chi connectivity index (χ2v) is 6.43. The van der Waals surface area contributed by atoms with Gasteiger partial charge in [0.2, 0.25) is 5.91 Å². The third-order valence-electron chi connectivity index (χ3n) is 3.99. The van der Waals surface area contributed by atoms with Crippen LogP contribution in [0, 0.1) is 0 Å². The maximum atomic E-state index is 12.6. The smallest absolute Gasteiger partial charge is 0.475 e. The summed E-state index contributed by atoms with van der Waals surface area (Å²) in [5, 5.41) is 30.3. The monoisotopic (exact) mass is 407 g/mol. The van der Waals surface area contributed by atoms with Gasteiger partial charge in [0.1, 0.15) is 0 Å². The molecule has 0 saturated carbocycles. The van der Waals surface area contributed by atoms with Crippen LogP contribution in [0.15, 0.2) is 29.3 Å². The highest BCUT2D eigenvalue weighted by molar-refractivity contribution is 6.43. The van der Waals surface area contributed by atoms with Crippen LogP contribution in [0.3, 0.4) is 0 Å². The van der Waals surface area contributed by atoms with Crippen molar-refractivity contribution in [3.63, 3.8) is 0 Å². The van der Waals surface area contributed by atoms with Crippen molar-refractivity contribution in [2.75, 3.05) is 20.1 Å². The van der Waals surface area contributed by atoms with Crippen molar-refractivity contribution in [2.24, 2.45) is 16.5 Å². The number of guanidine groups is 1. The fraction of sp³-hybridized carbons (Fsp3) is 0.412. The van der Waals surface area contributed by atoms with Crippen LogP contribution >= 0.6 is 0 Å². The molecule has 0 fully saturated rings. The molecule has 8 N–H and O–H groups in total. The molecule has 2 amide bonds. The van der Waals surface area contributed by atoms with Crippen LogP contribution in [0.4, 0.5) is 0 Å². The number of amides is 2. The minimum Gasteiger partial charge on any atom is -0.481 e. The Labute approximate surface area is 168 Å². The largest absolute Gasteiger partial charge is 0.481 e. The molecule has 1 aromatic rings. The number of carbonyl (C=O) groups excluding carboxylic acids is 2. The summed E-state index contributed by atoms with van der Waals surface area (Å²) in [7, 11) is -0.404. The summed E-state index contributed by atoms with van der Waals surface area (Å²) >= 11 is 0. The van der Waals surface area contributed by atoms with E-state index in [9.17, 15) is 24.4 Å². The highest BCUT2D eigenvalue weighted by Gasteiger charge is 2.26. The molecule has 11 nitrogen and oxygen atoms in total. The SMILES string of the molecule is CN(CC(=O)NC(CCCN=C(N)N)B(O)O)C(=O)c1ccccc1CC(=O)O. The molecule has 1 rings (SSSR count). The number of likely N-dealkylation sites (N-methyl/N-ethyl adjacent to an activating group) is 1. The summed E-state index contributed by atoms with van der Waals surface area (Å²) in [6.45, 7) is -0.0858. The first-order chi connectivity index (χ1) is 13.6. The lowest BCUT2D eigenvalue weighted by Crippen LogP contribution is -2.49. The van der Waals surface area contributed by atoms with Crippen LogP contribution in [0.2, 0.25) is 0 Å². The Balaban J connectivity index is 2.69. The fourth-order valence-corrected chi connectivity index (χ4v) is 2.61. The van der Waals surface area contributed by atoms with Crippen molar-refractivity contribution < 1.29 is 29.5 Å². The summed E-state index contributed by atoms with van der Waals surface area (Å²) in [6.07, 6.45) is 0.285. The van der Waals surface area contributed by atoms with E-state index in [0.29, 0.717) is 12.0 Å². The van der Waals surface area contributed by atoms with Crippen LogP contribution in [-0.4, -0.2) is 77.0 Å². The van der Waals surface area contributed by atoms with Gasteiger partial charge in [0.05, 0.1) is 18.9 Å². The van der Waals surface area contributed by atoms with Crippen molar-refractivity contribution in [2.45, 2.75) is 25.2 Å². The highest BCUT2D eigenvalue weighted by atomic mass is 16.4. The van der Waals surface area contributed by atoms with E-state index in [1.54, 1.807) is 12.1 Å². The molecule has 0 aliphatic carbocycles. The summed E-state index contributed by atoms with van der Waals surface area (Å²) in [5.74, 6) is -3.24. The second kappa shape index (κ2) is 11.7. The Kier molecular flexibility index (Phi) is 9.62. The van der Waals surface area contributed by atoms with Gasteiger partial charge in [0.25, 0.3) is 5.91 Å². The quantitative estimate of drug-likeness (QED) is 0.104. The lowest BCUT2D eigenvalue weighted by atomic mass is 9.76. The Bertz CT molecular complexity index is 754. The molecule has 0 aliphatic rings. The van der Waals surface area contributed by atoms with Crippen molar-refractivity contribution >= 4 is 30.9 Å². The Morgan fingerprint density at radius 3 is 2.48 bits per heavy atom.